The molecule has 146 valence electrons. The molecule has 1 aromatic carbocycles. The summed E-state index contributed by atoms with van der Waals surface area (Å²) in [6, 6.07) is 9.81. The number of rotatable bonds is 10. The quantitative estimate of drug-likeness (QED) is 0.676. The van der Waals surface area contributed by atoms with Gasteiger partial charge in [0.05, 0.1) is 5.75 Å². The maximum atomic E-state index is 12.1. The largest absolute Gasteiger partial charge is 0.355 e. The van der Waals surface area contributed by atoms with Gasteiger partial charge in [-0.25, -0.2) is 8.42 Å². The molecule has 1 atom stereocenters. The number of benzene rings is 1. The van der Waals surface area contributed by atoms with Gasteiger partial charge in [-0.3, -0.25) is 4.79 Å². The van der Waals surface area contributed by atoms with E-state index < -0.39 is 15.6 Å². The molecule has 2 rings (SSSR count). The number of likely N-dealkylation sites (tertiary alicyclic amines) is 1. The SMILES string of the molecule is CC(CNC(=O)CS(=O)(=O)CCCc1ccccc1)CN1CCCCC1. The van der Waals surface area contributed by atoms with Crippen molar-refractivity contribution >= 4 is 15.7 Å². The Kier molecular flexibility index (Phi) is 8.59. The second kappa shape index (κ2) is 10.7. The summed E-state index contributed by atoms with van der Waals surface area (Å²) in [6.07, 6.45) is 5.07. The van der Waals surface area contributed by atoms with Crippen molar-refractivity contribution in [3.05, 3.63) is 35.9 Å². The topological polar surface area (TPSA) is 66.5 Å². The fraction of sp³-hybridized carbons (Fsp3) is 0.650. The van der Waals surface area contributed by atoms with Gasteiger partial charge in [-0.05, 0) is 50.3 Å². The van der Waals surface area contributed by atoms with Crippen molar-refractivity contribution in [3.63, 3.8) is 0 Å². The predicted octanol–water partition coefficient (Wildman–Crippen LogP) is 2.27. The number of amides is 1. The molecule has 1 aliphatic rings. The zero-order valence-electron chi connectivity index (χ0n) is 15.8. The Morgan fingerprint density at radius 1 is 1.15 bits per heavy atom. The average Bonchev–Trinajstić information content (AvgIpc) is 2.61. The zero-order valence-corrected chi connectivity index (χ0v) is 16.6. The van der Waals surface area contributed by atoms with E-state index in [0.717, 1.165) is 25.2 Å². The highest BCUT2D eigenvalue weighted by Gasteiger charge is 2.18. The second-order valence-electron chi connectivity index (χ2n) is 7.45. The smallest absolute Gasteiger partial charge is 0.235 e. The molecule has 1 aliphatic heterocycles. The Bertz CT molecular complexity index is 640. The van der Waals surface area contributed by atoms with Gasteiger partial charge in [0.15, 0.2) is 9.84 Å². The molecule has 0 spiro atoms. The number of nitrogens with one attached hydrogen (secondary N) is 1. The fourth-order valence-electron chi connectivity index (χ4n) is 3.40. The number of aryl methyl sites for hydroxylation is 1. The third kappa shape index (κ3) is 8.32. The number of hydrogen-bond acceptors (Lipinski definition) is 4. The molecule has 1 aromatic rings. The molecule has 6 heteroatoms. The summed E-state index contributed by atoms with van der Waals surface area (Å²) in [5, 5.41) is 2.79. The molecule has 0 saturated carbocycles. The standard InChI is InChI=1S/C20H32N2O3S/c1-18(16-22-12-6-3-7-13-22)15-21-20(23)17-26(24,25)14-8-11-19-9-4-2-5-10-19/h2,4-5,9-10,18H,3,6-8,11-17H2,1H3,(H,21,23). The summed E-state index contributed by atoms with van der Waals surface area (Å²) in [4.78, 5) is 14.4. The zero-order chi connectivity index (χ0) is 18.8. The maximum Gasteiger partial charge on any atom is 0.235 e. The lowest BCUT2D eigenvalue weighted by Crippen LogP contribution is -2.39. The molecule has 1 amide bonds. The van der Waals surface area contributed by atoms with Gasteiger partial charge in [-0.15, -0.1) is 0 Å². The third-order valence-corrected chi connectivity index (χ3v) is 6.39. The van der Waals surface area contributed by atoms with Gasteiger partial charge in [0.1, 0.15) is 5.75 Å². The van der Waals surface area contributed by atoms with E-state index >= 15 is 0 Å². The first-order valence-electron chi connectivity index (χ1n) is 9.68. The highest BCUT2D eigenvalue weighted by atomic mass is 32.2. The van der Waals surface area contributed by atoms with E-state index in [0.29, 0.717) is 25.3 Å². The molecule has 0 aliphatic carbocycles. The van der Waals surface area contributed by atoms with Gasteiger partial charge >= 0.3 is 0 Å². The van der Waals surface area contributed by atoms with Crippen LogP contribution in [0.2, 0.25) is 0 Å². The summed E-state index contributed by atoms with van der Waals surface area (Å²) in [5.41, 5.74) is 1.12. The van der Waals surface area contributed by atoms with Crippen LogP contribution < -0.4 is 5.32 Å². The van der Waals surface area contributed by atoms with Gasteiger partial charge in [-0.2, -0.15) is 0 Å². The molecule has 0 bridgehead atoms. The second-order valence-corrected chi connectivity index (χ2v) is 9.64. The van der Waals surface area contributed by atoms with Gasteiger partial charge in [0, 0.05) is 13.1 Å². The summed E-state index contributed by atoms with van der Waals surface area (Å²) < 4.78 is 24.2. The van der Waals surface area contributed by atoms with Crippen LogP contribution in [0.4, 0.5) is 0 Å². The molecule has 5 nitrogen and oxygen atoms in total. The van der Waals surface area contributed by atoms with Crippen molar-refractivity contribution in [2.45, 2.75) is 39.0 Å². The number of carbonyl (C=O) groups excluding carboxylic acids is 1. The first kappa shape index (κ1) is 20.9. The van der Waals surface area contributed by atoms with Crippen LogP contribution in [-0.2, 0) is 21.1 Å². The Balaban J connectivity index is 1.63. The summed E-state index contributed by atoms with van der Waals surface area (Å²) in [7, 11) is -3.35. The van der Waals surface area contributed by atoms with Crippen LogP contribution >= 0.6 is 0 Å². The maximum absolute atomic E-state index is 12.1. The Labute approximate surface area is 158 Å². The van der Waals surface area contributed by atoms with Gasteiger partial charge in [0.25, 0.3) is 0 Å². The van der Waals surface area contributed by atoms with Gasteiger partial charge in [-0.1, -0.05) is 43.7 Å². The van der Waals surface area contributed by atoms with E-state index in [1.54, 1.807) is 0 Å². The number of piperidine rings is 1. The van der Waals surface area contributed by atoms with Crippen LogP contribution in [0, 0.1) is 5.92 Å². The first-order valence-corrected chi connectivity index (χ1v) is 11.5. The summed E-state index contributed by atoms with van der Waals surface area (Å²) >= 11 is 0. The third-order valence-electron chi connectivity index (χ3n) is 4.78. The number of sulfone groups is 1. The Morgan fingerprint density at radius 3 is 2.54 bits per heavy atom. The van der Waals surface area contributed by atoms with Crippen molar-refractivity contribution < 1.29 is 13.2 Å². The first-order chi connectivity index (χ1) is 12.4. The van der Waals surface area contributed by atoms with Crippen LogP contribution in [0.1, 0.15) is 38.2 Å². The van der Waals surface area contributed by atoms with E-state index in [4.69, 9.17) is 0 Å². The van der Waals surface area contributed by atoms with Crippen LogP contribution in [0.25, 0.3) is 0 Å². The molecule has 1 heterocycles. The van der Waals surface area contributed by atoms with Crippen LogP contribution in [0.5, 0.6) is 0 Å². The molecular formula is C20H32N2O3S. The monoisotopic (exact) mass is 380 g/mol. The van der Waals surface area contributed by atoms with E-state index in [-0.39, 0.29) is 11.7 Å². The van der Waals surface area contributed by atoms with E-state index in [1.807, 2.05) is 30.3 Å². The van der Waals surface area contributed by atoms with Crippen molar-refractivity contribution in [2.24, 2.45) is 5.92 Å². The van der Waals surface area contributed by atoms with E-state index in [1.165, 1.54) is 19.3 Å². The number of hydrogen-bond donors (Lipinski definition) is 1. The predicted molar refractivity (Wildman–Crippen MR) is 106 cm³/mol. The average molecular weight is 381 g/mol. The lowest BCUT2D eigenvalue weighted by atomic mass is 10.1. The Morgan fingerprint density at radius 2 is 1.85 bits per heavy atom. The minimum Gasteiger partial charge on any atom is -0.355 e. The minimum atomic E-state index is -3.35. The van der Waals surface area contributed by atoms with Gasteiger partial charge in [0.2, 0.25) is 5.91 Å². The minimum absolute atomic E-state index is 0.0542. The summed E-state index contributed by atoms with van der Waals surface area (Å²) in [5.74, 6) is -0.398. The van der Waals surface area contributed by atoms with Crippen molar-refractivity contribution in [1.29, 1.82) is 0 Å². The molecule has 26 heavy (non-hydrogen) atoms. The van der Waals surface area contributed by atoms with E-state index in [9.17, 15) is 13.2 Å². The molecular weight excluding hydrogens is 348 g/mol. The van der Waals surface area contributed by atoms with Gasteiger partial charge < -0.3 is 10.2 Å². The molecule has 1 fully saturated rings. The highest BCUT2D eigenvalue weighted by Crippen LogP contribution is 2.10. The van der Waals surface area contributed by atoms with Crippen molar-refractivity contribution in [2.75, 3.05) is 37.7 Å². The van der Waals surface area contributed by atoms with Crippen LogP contribution in [0.15, 0.2) is 30.3 Å². The summed E-state index contributed by atoms with van der Waals surface area (Å²) in [6.45, 7) is 5.87. The van der Waals surface area contributed by atoms with Crippen molar-refractivity contribution in [1.82, 2.24) is 10.2 Å². The molecule has 1 unspecified atom stereocenters. The molecule has 0 radical (unpaired) electrons. The van der Waals surface area contributed by atoms with Crippen LogP contribution in [-0.4, -0.2) is 56.9 Å². The molecule has 1 N–H and O–H groups in total. The molecule has 0 aromatic heterocycles. The highest BCUT2D eigenvalue weighted by molar-refractivity contribution is 7.92. The number of nitrogens with zero attached hydrogens (tertiary/aromatic N) is 1. The Hall–Kier alpha value is -1.40. The normalized spacial score (nSPS) is 17.0. The number of carbonyl (C=O) groups is 1. The fourth-order valence-corrected chi connectivity index (χ4v) is 4.63. The lowest BCUT2D eigenvalue weighted by Gasteiger charge is -2.29. The van der Waals surface area contributed by atoms with Crippen molar-refractivity contribution in [3.8, 4) is 0 Å². The lowest BCUT2D eigenvalue weighted by molar-refractivity contribution is -0.118. The molecule has 1 saturated heterocycles. The van der Waals surface area contributed by atoms with E-state index in [2.05, 4.69) is 17.1 Å². The van der Waals surface area contributed by atoms with Crippen LogP contribution in [0.3, 0.4) is 0 Å².